The number of benzene rings is 1. The van der Waals surface area contributed by atoms with Gasteiger partial charge >= 0.3 is 0 Å². The molecule has 0 saturated heterocycles. The molecule has 0 spiro atoms. The Morgan fingerprint density at radius 2 is 2.08 bits per heavy atom. The third-order valence-electron chi connectivity index (χ3n) is 1.48. The summed E-state index contributed by atoms with van der Waals surface area (Å²) in [6, 6.07) is 6.65. The first-order valence-electron chi connectivity index (χ1n) is 3.62. The molecule has 0 unspecified atom stereocenters. The summed E-state index contributed by atoms with van der Waals surface area (Å²) in [7, 11) is 0. The highest BCUT2D eigenvalue weighted by molar-refractivity contribution is 5.60. The highest BCUT2D eigenvalue weighted by atomic mass is 16.6. The molecular formula is C9H9NO2. The van der Waals surface area contributed by atoms with Crippen LogP contribution in [-0.4, -0.2) is 4.92 Å². The van der Waals surface area contributed by atoms with Gasteiger partial charge in [0.05, 0.1) is 10.5 Å². The number of hydrogen-bond donors (Lipinski definition) is 0. The van der Waals surface area contributed by atoms with E-state index in [1.54, 1.807) is 30.4 Å². The number of nitro benzene ring substituents is 1. The molecule has 3 nitrogen and oxygen atoms in total. The van der Waals surface area contributed by atoms with Gasteiger partial charge in [0, 0.05) is 6.07 Å². The first-order chi connectivity index (χ1) is 5.75. The molecule has 0 heterocycles. The van der Waals surface area contributed by atoms with Gasteiger partial charge in [-0.2, -0.15) is 0 Å². The summed E-state index contributed by atoms with van der Waals surface area (Å²) in [5.41, 5.74) is 0.792. The van der Waals surface area contributed by atoms with Gasteiger partial charge in [-0.05, 0) is 13.0 Å². The molecule has 0 amide bonds. The van der Waals surface area contributed by atoms with Gasteiger partial charge in [0.25, 0.3) is 5.69 Å². The van der Waals surface area contributed by atoms with Crippen LogP contribution in [0.1, 0.15) is 12.5 Å². The fraction of sp³-hybridized carbons (Fsp3) is 0.111. The lowest BCUT2D eigenvalue weighted by Gasteiger charge is -1.94. The predicted octanol–water partition coefficient (Wildman–Crippen LogP) is 2.63. The van der Waals surface area contributed by atoms with Crippen LogP contribution in [0.5, 0.6) is 0 Å². The van der Waals surface area contributed by atoms with E-state index in [0.29, 0.717) is 5.56 Å². The zero-order valence-electron chi connectivity index (χ0n) is 6.73. The van der Waals surface area contributed by atoms with Crippen molar-refractivity contribution in [3.63, 3.8) is 0 Å². The van der Waals surface area contributed by atoms with E-state index >= 15 is 0 Å². The van der Waals surface area contributed by atoms with Crippen molar-refractivity contribution in [2.24, 2.45) is 0 Å². The summed E-state index contributed by atoms with van der Waals surface area (Å²) in [4.78, 5) is 10.1. The third kappa shape index (κ3) is 1.69. The van der Waals surface area contributed by atoms with Crippen LogP contribution in [0.3, 0.4) is 0 Å². The van der Waals surface area contributed by atoms with Crippen LogP contribution in [0.15, 0.2) is 30.3 Å². The molecule has 0 bridgehead atoms. The average Bonchev–Trinajstić information content (AvgIpc) is 2.05. The minimum Gasteiger partial charge on any atom is -0.258 e. The topological polar surface area (TPSA) is 43.1 Å². The van der Waals surface area contributed by atoms with E-state index in [1.165, 1.54) is 6.07 Å². The zero-order chi connectivity index (χ0) is 8.97. The molecule has 3 heteroatoms. The van der Waals surface area contributed by atoms with Crippen molar-refractivity contribution in [2.45, 2.75) is 6.92 Å². The molecule has 12 heavy (non-hydrogen) atoms. The summed E-state index contributed by atoms with van der Waals surface area (Å²) < 4.78 is 0. The summed E-state index contributed by atoms with van der Waals surface area (Å²) in [5, 5.41) is 10.5. The van der Waals surface area contributed by atoms with Gasteiger partial charge in [-0.1, -0.05) is 24.3 Å². The Kier molecular flexibility index (Phi) is 2.58. The van der Waals surface area contributed by atoms with Gasteiger partial charge in [-0.15, -0.1) is 0 Å². The van der Waals surface area contributed by atoms with E-state index in [-0.39, 0.29) is 10.6 Å². The van der Waals surface area contributed by atoms with Crippen LogP contribution < -0.4 is 0 Å². The summed E-state index contributed by atoms with van der Waals surface area (Å²) in [5.74, 6) is 0. The standard InChI is InChI=1S/C9H9NO2/c1-2-5-8-6-3-4-7-9(8)10(11)12/h2-7H,1H3/i3+1,4+1,6+1,7+1,8+1,9+1. The average molecular weight is 169 g/mol. The van der Waals surface area contributed by atoms with Crippen molar-refractivity contribution in [3.05, 3.63) is 46.0 Å². The highest BCUT2D eigenvalue weighted by Gasteiger charge is 2.08. The maximum absolute atomic E-state index is 10.5. The molecule has 1 aromatic carbocycles. The fourth-order valence-corrected chi connectivity index (χ4v) is 0.974. The van der Waals surface area contributed by atoms with Gasteiger partial charge in [0.2, 0.25) is 0 Å². The van der Waals surface area contributed by atoms with Crippen molar-refractivity contribution in [1.29, 1.82) is 0 Å². The van der Waals surface area contributed by atoms with Crippen molar-refractivity contribution >= 4 is 11.8 Å². The van der Waals surface area contributed by atoms with E-state index in [0.717, 1.165) is 0 Å². The van der Waals surface area contributed by atoms with Gasteiger partial charge in [0.1, 0.15) is 0 Å². The van der Waals surface area contributed by atoms with Gasteiger partial charge < -0.3 is 0 Å². The second-order valence-electron chi connectivity index (χ2n) is 2.32. The molecule has 0 N–H and O–H groups in total. The van der Waals surface area contributed by atoms with Crippen molar-refractivity contribution in [3.8, 4) is 0 Å². The lowest BCUT2D eigenvalue weighted by Crippen LogP contribution is -1.89. The van der Waals surface area contributed by atoms with E-state index in [9.17, 15) is 10.1 Å². The van der Waals surface area contributed by atoms with Crippen LogP contribution in [0.25, 0.3) is 6.08 Å². The Morgan fingerprint density at radius 3 is 2.67 bits per heavy atom. The quantitative estimate of drug-likeness (QED) is 0.504. The number of nitro groups is 1. The number of allylic oxidation sites excluding steroid dienone is 1. The zero-order valence-corrected chi connectivity index (χ0v) is 6.73. The summed E-state index contributed by atoms with van der Waals surface area (Å²) in [6.45, 7) is 1.83. The van der Waals surface area contributed by atoms with Gasteiger partial charge in [-0.25, -0.2) is 0 Å². The minimum atomic E-state index is -0.380. The normalized spacial score (nSPS) is 10.4. The van der Waals surface area contributed by atoms with Crippen LogP contribution in [0, 0.1) is 10.1 Å². The Bertz CT molecular complexity index is 318. The summed E-state index contributed by atoms with van der Waals surface area (Å²) in [6.07, 6.45) is 3.50. The van der Waals surface area contributed by atoms with E-state index in [4.69, 9.17) is 0 Å². The van der Waals surface area contributed by atoms with Crippen molar-refractivity contribution in [1.82, 2.24) is 0 Å². The second-order valence-corrected chi connectivity index (χ2v) is 2.32. The number of rotatable bonds is 2. The molecule has 1 rings (SSSR count). The number of hydrogen-bond acceptors (Lipinski definition) is 2. The smallest absolute Gasteiger partial charge is 0.258 e. The van der Waals surface area contributed by atoms with Crippen LogP contribution in [0.2, 0.25) is 0 Å². The van der Waals surface area contributed by atoms with Crippen LogP contribution in [-0.2, 0) is 0 Å². The van der Waals surface area contributed by atoms with E-state index in [2.05, 4.69) is 0 Å². The minimum absolute atomic E-state index is 0.149. The molecule has 1 aromatic rings. The molecule has 0 aliphatic rings. The lowest BCUT2D eigenvalue weighted by molar-refractivity contribution is -0.385. The summed E-state index contributed by atoms with van der Waals surface area (Å²) >= 11 is 0. The second kappa shape index (κ2) is 3.67. The fourth-order valence-electron chi connectivity index (χ4n) is 0.974. The maximum Gasteiger partial charge on any atom is 0.276 e. The van der Waals surface area contributed by atoms with Crippen LogP contribution in [0.4, 0.5) is 5.69 Å². The Labute approximate surface area is 70.5 Å². The molecule has 0 saturated carbocycles. The Balaban J connectivity index is 3.17. The van der Waals surface area contributed by atoms with Gasteiger partial charge in [0.15, 0.2) is 0 Å². The SMILES string of the molecule is CC=C[13c]1[13cH][13cH][13cH][13cH][13c]1[N+](=O)[O-]. The van der Waals surface area contributed by atoms with E-state index < -0.39 is 0 Å². The third-order valence-corrected chi connectivity index (χ3v) is 1.48. The molecule has 0 fully saturated rings. The Hall–Kier alpha value is -1.64. The predicted molar refractivity (Wildman–Crippen MR) is 47.8 cm³/mol. The Morgan fingerprint density at radius 1 is 1.42 bits per heavy atom. The van der Waals surface area contributed by atoms with Crippen molar-refractivity contribution < 1.29 is 4.92 Å². The molecule has 0 aromatic heterocycles. The molecule has 0 aliphatic carbocycles. The molecule has 62 valence electrons. The monoisotopic (exact) mass is 169 g/mol. The number of para-hydroxylation sites is 1. The first-order valence-corrected chi connectivity index (χ1v) is 3.62. The maximum atomic E-state index is 10.5. The molecule has 0 atom stereocenters. The van der Waals surface area contributed by atoms with E-state index in [1.807, 2.05) is 6.92 Å². The highest BCUT2D eigenvalue weighted by Crippen LogP contribution is 2.18. The lowest BCUT2D eigenvalue weighted by atomic mass is 10.6. The molecule has 0 aliphatic heterocycles. The largest absolute Gasteiger partial charge is 0.276 e. The van der Waals surface area contributed by atoms with Crippen molar-refractivity contribution in [2.75, 3.05) is 0 Å². The number of nitrogens with zero attached hydrogens (tertiary/aromatic N) is 1. The molecule has 0 radical (unpaired) electrons. The molecular weight excluding hydrogens is 160 g/mol. The first kappa shape index (κ1) is 8.46. The van der Waals surface area contributed by atoms with Gasteiger partial charge in [-0.3, -0.25) is 10.1 Å². The van der Waals surface area contributed by atoms with Crippen LogP contribution >= 0.6 is 0 Å².